The molecule has 0 fully saturated rings. The van der Waals surface area contributed by atoms with Gasteiger partial charge in [0, 0.05) is 12.8 Å². The lowest BCUT2D eigenvalue weighted by atomic mass is 9.96. The highest BCUT2D eigenvalue weighted by Gasteiger charge is 2.64. The quantitative estimate of drug-likeness (QED) is 0.0429. The lowest BCUT2D eigenvalue weighted by Crippen LogP contribution is -2.44. The number of halogens is 26. The molecule has 0 spiro atoms. The van der Waals surface area contributed by atoms with Gasteiger partial charge >= 0.3 is 38.1 Å². The van der Waals surface area contributed by atoms with Crippen LogP contribution in [0.1, 0.15) is 70.6 Å². The van der Waals surface area contributed by atoms with Gasteiger partial charge in [-0.15, -0.1) is 44.3 Å². The Balaban J connectivity index is 5.01. The first kappa shape index (κ1) is 52.0. The molecular formula is C23H26Cl4F22OSi2. The molecule has 314 valence electrons. The molecule has 0 aromatic heterocycles. The predicted octanol–water partition coefficient (Wildman–Crippen LogP) is 14.3. The normalized spacial score (nSPS) is 15.8. The third-order valence-electron chi connectivity index (χ3n) is 6.43. The third kappa shape index (κ3) is 20.3. The summed E-state index contributed by atoms with van der Waals surface area (Å²) in [5, 5.41) is 0. The molecule has 0 aromatic rings. The van der Waals surface area contributed by atoms with E-state index in [0.717, 1.165) is 0 Å². The molecule has 0 aromatic carbocycles. The van der Waals surface area contributed by atoms with Crippen molar-refractivity contribution in [2.24, 2.45) is 0 Å². The first-order valence-electron chi connectivity index (χ1n) is 14.0. The Labute approximate surface area is 301 Å². The number of alkyl halides is 22. The van der Waals surface area contributed by atoms with Gasteiger partial charge in [-0.3, -0.25) is 0 Å². The van der Waals surface area contributed by atoms with E-state index in [-0.39, 0.29) is 0 Å². The maximum absolute atomic E-state index is 14.1. The minimum absolute atomic E-state index is 0.528. The van der Waals surface area contributed by atoms with E-state index in [0.29, 0.717) is 0 Å². The molecule has 0 N–H and O–H groups in total. The molecule has 0 aliphatic heterocycles. The summed E-state index contributed by atoms with van der Waals surface area (Å²) >= 11 is 23.5. The van der Waals surface area contributed by atoms with Crippen molar-refractivity contribution in [3.8, 4) is 0 Å². The molecule has 0 unspecified atom stereocenters. The molecule has 0 bridgehead atoms. The first-order chi connectivity index (χ1) is 22.4. The van der Waals surface area contributed by atoms with Crippen molar-refractivity contribution >= 4 is 58.2 Å². The van der Waals surface area contributed by atoms with E-state index in [2.05, 4.69) is 0 Å². The summed E-state index contributed by atoms with van der Waals surface area (Å²) in [4.78, 5) is 0. The highest BCUT2D eigenvalue weighted by atomic mass is 35.7. The van der Waals surface area contributed by atoms with E-state index < -0.39 is 156 Å². The average molecular weight is 934 g/mol. The van der Waals surface area contributed by atoms with E-state index in [1.807, 2.05) is 0 Å². The summed E-state index contributed by atoms with van der Waals surface area (Å²) < 4.78 is 295. The molecule has 52 heavy (non-hydrogen) atoms. The summed E-state index contributed by atoms with van der Waals surface area (Å²) in [6.07, 6.45) is -37.0. The van der Waals surface area contributed by atoms with E-state index in [9.17, 15) is 96.6 Å². The molecule has 0 saturated carbocycles. The van der Waals surface area contributed by atoms with Gasteiger partial charge in [-0.25, -0.2) is 52.7 Å². The summed E-state index contributed by atoms with van der Waals surface area (Å²) in [6, 6.07) is -1.42. The average Bonchev–Trinajstić information content (AvgIpc) is 2.74. The lowest BCUT2D eigenvalue weighted by molar-refractivity contribution is -0.304. The number of hydrogen-bond donors (Lipinski definition) is 0. The zero-order chi connectivity index (χ0) is 41.9. The van der Waals surface area contributed by atoms with Crippen LogP contribution in [0.15, 0.2) is 0 Å². The summed E-state index contributed by atoms with van der Waals surface area (Å²) in [6.45, 7) is -8.48. The molecular weight excluding hydrogens is 908 g/mol. The second kappa shape index (κ2) is 17.2. The van der Waals surface area contributed by atoms with Crippen LogP contribution in [0.2, 0.25) is 12.1 Å². The second-order valence-electron chi connectivity index (χ2n) is 12.0. The van der Waals surface area contributed by atoms with Crippen molar-refractivity contribution in [2.45, 2.75) is 142 Å². The zero-order valence-electron chi connectivity index (χ0n) is 25.4. The molecule has 0 amide bonds. The van der Waals surface area contributed by atoms with Crippen LogP contribution in [-0.4, -0.2) is 73.6 Å². The summed E-state index contributed by atoms with van der Waals surface area (Å²) in [7, 11) is 0. The summed E-state index contributed by atoms with van der Waals surface area (Å²) in [5.41, 5.74) is 0. The third-order valence-corrected chi connectivity index (χ3v) is 15.7. The van der Waals surface area contributed by atoms with Gasteiger partial charge in [-0.1, -0.05) is 6.42 Å². The van der Waals surface area contributed by atoms with Gasteiger partial charge in [0.1, 0.15) is 0 Å². The Morgan fingerprint density at radius 1 is 0.327 bits per heavy atom. The maximum Gasteiger partial charge on any atom is 0.453 e. The number of hydrogen-bond acceptors (Lipinski definition) is 1. The van der Waals surface area contributed by atoms with Crippen LogP contribution >= 0.6 is 44.3 Å². The Hall–Kier alpha value is 0.0138. The fourth-order valence-electron chi connectivity index (χ4n) is 4.38. The Morgan fingerprint density at radius 3 is 0.885 bits per heavy atom. The van der Waals surface area contributed by atoms with Crippen molar-refractivity contribution in [2.75, 3.05) is 0 Å². The minimum atomic E-state index is -6.55. The van der Waals surface area contributed by atoms with Crippen LogP contribution in [-0.2, 0) is 4.12 Å². The van der Waals surface area contributed by atoms with Crippen LogP contribution < -0.4 is 0 Å². The molecule has 0 rings (SSSR count). The molecule has 29 heteroatoms. The SMILES string of the molecule is FC(F)(CCCC[Si](Cl)(Cl)O[Si](Cl)(Cl)CCCC(F)(F)CC(F)(F)CC(F)(F)CC(F)(F)C(F)(F)F)CC(F)(F)CC(F)(F)CC(F)(F)C(F)(F)F. The second-order valence-corrected chi connectivity index (χ2v) is 24.9. The van der Waals surface area contributed by atoms with Gasteiger partial charge in [0.15, 0.2) is 0 Å². The smallest absolute Gasteiger partial charge is 0.410 e. The monoisotopic (exact) mass is 932 g/mol. The van der Waals surface area contributed by atoms with Crippen molar-refractivity contribution < 1.29 is 101 Å². The molecule has 0 heterocycles. The minimum Gasteiger partial charge on any atom is -0.410 e. The Bertz CT molecular complexity index is 1130. The molecule has 0 atom stereocenters. The van der Waals surface area contributed by atoms with Gasteiger partial charge < -0.3 is 4.12 Å². The van der Waals surface area contributed by atoms with Crippen LogP contribution in [0.5, 0.6) is 0 Å². The predicted molar refractivity (Wildman–Crippen MR) is 148 cm³/mol. The van der Waals surface area contributed by atoms with Gasteiger partial charge in [-0.2, -0.15) is 43.9 Å². The number of unbranched alkanes of at least 4 members (excludes halogenated alkanes) is 1. The van der Waals surface area contributed by atoms with Crippen molar-refractivity contribution in [3.63, 3.8) is 0 Å². The highest BCUT2D eigenvalue weighted by Crippen LogP contribution is 2.50. The topological polar surface area (TPSA) is 9.23 Å². The maximum atomic E-state index is 14.1. The molecule has 0 aliphatic rings. The Kier molecular flexibility index (Phi) is 17.3. The van der Waals surface area contributed by atoms with Gasteiger partial charge in [-0.05, 0) is 24.9 Å². The van der Waals surface area contributed by atoms with Crippen LogP contribution in [0.3, 0.4) is 0 Å². The zero-order valence-corrected chi connectivity index (χ0v) is 30.5. The van der Waals surface area contributed by atoms with E-state index in [4.69, 9.17) is 48.4 Å². The highest BCUT2D eigenvalue weighted by molar-refractivity contribution is 7.50. The largest absolute Gasteiger partial charge is 0.453 e. The fraction of sp³-hybridized carbons (Fsp3) is 1.00. The van der Waals surface area contributed by atoms with Gasteiger partial charge in [0.2, 0.25) is 0 Å². The van der Waals surface area contributed by atoms with Gasteiger partial charge in [0.25, 0.3) is 35.5 Å². The number of rotatable bonds is 23. The van der Waals surface area contributed by atoms with E-state index in [1.165, 1.54) is 0 Å². The molecule has 1 nitrogen and oxygen atoms in total. The standard InChI is InChI=1S/C23H26Cl4F22OSi2/c24-51(25,6-2-1-4-14(28,29)8-16(32,33)10-18(36,37)12-20(40,41)22(44,45)46)50-52(26,27)7-3-5-15(30,31)9-17(34,35)11-19(38,39)13-21(42,43)23(47,48)49/h1-13H2. The van der Waals surface area contributed by atoms with Crippen LogP contribution in [0.4, 0.5) is 96.6 Å². The van der Waals surface area contributed by atoms with Gasteiger partial charge in [0.05, 0.1) is 38.5 Å². The lowest BCUT2D eigenvalue weighted by Gasteiger charge is -2.30. The molecule has 0 radical (unpaired) electrons. The van der Waals surface area contributed by atoms with Crippen molar-refractivity contribution in [1.82, 2.24) is 0 Å². The summed E-state index contributed by atoms with van der Waals surface area (Å²) in [5.74, 6) is -42.5. The van der Waals surface area contributed by atoms with Crippen LogP contribution in [0, 0.1) is 0 Å². The van der Waals surface area contributed by atoms with E-state index in [1.54, 1.807) is 0 Å². The van der Waals surface area contributed by atoms with Crippen molar-refractivity contribution in [1.29, 1.82) is 0 Å². The fourth-order valence-corrected chi connectivity index (χ4v) is 16.0. The van der Waals surface area contributed by atoms with E-state index >= 15 is 0 Å². The first-order valence-corrected chi connectivity index (χ1v) is 22.3. The van der Waals surface area contributed by atoms with Crippen molar-refractivity contribution in [3.05, 3.63) is 0 Å². The Morgan fingerprint density at radius 2 is 0.577 bits per heavy atom. The van der Waals surface area contributed by atoms with Crippen LogP contribution in [0.25, 0.3) is 0 Å². The molecule has 0 saturated heterocycles. The molecule has 0 aliphatic carbocycles.